The van der Waals surface area contributed by atoms with Gasteiger partial charge in [-0.15, -0.1) is 10.0 Å². The van der Waals surface area contributed by atoms with Crippen LogP contribution in [-0.2, 0) is 0 Å². The fourth-order valence-electron chi connectivity index (χ4n) is 11.5. The van der Waals surface area contributed by atoms with Crippen molar-refractivity contribution in [1.82, 2.24) is 13.7 Å². The summed E-state index contributed by atoms with van der Waals surface area (Å²) in [5.41, 5.74) is 12.9. The molecule has 330 valence electrons. The van der Waals surface area contributed by atoms with E-state index in [1.54, 1.807) is 0 Å². The minimum absolute atomic E-state index is 1.13. The first-order valence-electron chi connectivity index (χ1n) is 24.0. The third-order valence-corrected chi connectivity index (χ3v) is 18.3. The van der Waals surface area contributed by atoms with Crippen molar-refractivity contribution in [3.05, 3.63) is 273 Å². The van der Waals surface area contributed by atoms with Crippen molar-refractivity contribution < 1.29 is 0 Å². The van der Waals surface area contributed by atoms with Gasteiger partial charge in [-0.25, -0.2) is 0 Å². The van der Waals surface area contributed by atoms with Crippen LogP contribution in [0.4, 0.5) is 0 Å². The van der Waals surface area contributed by atoms with Gasteiger partial charge in [0.2, 0.25) is 0 Å². The highest BCUT2D eigenvalue weighted by Gasteiger charge is 2.37. The maximum absolute atomic E-state index is 2.55. The van der Waals surface area contributed by atoms with Gasteiger partial charge in [0.1, 0.15) is 0 Å². The highest BCUT2D eigenvalue weighted by molar-refractivity contribution is 8.34. The summed E-state index contributed by atoms with van der Waals surface area (Å²) < 4.78 is 7.48. The Kier molecular flexibility index (Phi) is 9.29. The third-order valence-electron chi connectivity index (χ3n) is 14.3. The number of hydrogen-bond donors (Lipinski definition) is 0. The molecule has 0 fully saturated rings. The molecule has 0 aliphatic rings. The second kappa shape index (κ2) is 16.2. The van der Waals surface area contributed by atoms with Crippen molar-refractivity contribution in [2.75, 3.05) is 0 Å². The van der Waals surface area contributed by atoms with E-state index in [9.17, 15) is 0 Å². The Morgan fingerprint density at radius 2 is 0.757 bits per heavy atom. The number of hydrogen-bond acceptors (Lipinski definition) is 0. The van der Waals surface area contributed by atoms with E-state index in [1.165, 1.54) is 96.1 Å². The fourth-order valence-corrected chi connectivity index (χ4v) is 15.6. The van der Waals surface area contributed by atoms with Gasteiger partial charge in [0, 0.05) is 63.2 Å². The molecule has 3 aromatic heterocycles. The molecule has 0 spiro atoms. The highest BCUT2D eigenvalue weighted by Crippen LogP contribution is 2.75. The second-order valence-electron chi connectivity index (χ2n) is 18.0. The third kappa shape index (κ3) is 5.90. The van der Waals surface area contributed by atoms with Crippen molar-refractivity contribution in [2.45, 2.75) is 19.6 Å². The Labute approximate surface area is 407 Å². The van der Waals surface area contributed by atoms with E-state index >= 15 is 0 Å². The molecule has 0 amide bonds. The van der Waals surface area contributed by atoms with Gasteiger partial charge in [0.25, 0.3) is 0 Å². The number of nitrogens with zero attached hydrogens (tertiary/aromatic N) is 3. The largest absolute Gasteiger partial charge is 0.309 e. The zero-order valence-electron chi connectivity index (χ0n) is 38.2. The maximum Gasteiger partial charge on any atom is 0.0782 e. The van der Waals surface area contributed by atoms with Gasteiger partial charge >= 0.3 is 0 Å². The molecule has 0 radical (unpaired) electrons. The quantitative estimate of drug-likeness (QED) is 0.144. The molecule has 0 unspecified atom stereocenters. The summed E-state index contributed by atoms with van der Waals surface area (Å²) in [6, 6.07) is 101. The Balaban J connectivity index is 1.11. The Hall–Kier alpha value is -8.83. The minimum atomic E-state index is -2.19. The van der Waals surface area contributed by atoms with Crippen LogP contribution in [0.15, 0.2) is 293 Å². The van der Waals surface area contributed by atoms with Gasteiger partial charge in [0.15, 0.2) is 0 Å². The molecule has 70 heavy (non-hydrogen) atoms. The Morgan fingerprint density at radius 1 is 0.271 bits per heavy atom. The van der Waals surface area contributed by atoms with Crippen LogP contribution in [0, 0.1) is 0 Å². The molecule has 3 nitrogen and oxygen atoms in total. The van der Waals surface area contributed by atoms with Crippen LogP contribution in [0.3, 0.4) is 0 Å². The predicted octanol–water partition coefficient (Wildman–Crippen LogP) is 18.0. The monoisotopic (exact) mass is 911 g/mol. The highest BCUT2D eigenvalue weighted by atomic mass is 32.3. The summed E-state index contributed by atoms with van der Waals surface area (Å²) in [4.78, 5) is 5.18. The van der Waals surface area contributed by atoms with Gasteiger partial charge in [0.05, 0.1) is 44.5 Å². The minimum Gasteiger partial charge on any atom is -0.309 e. The molecule has 0 saturated carbocycles. The number of benzene rings is 11. The van der Waals surface area contributed by atoms with Crippen molar-refractivity contribution >= 4 is 75.4 Å². The maximum atomic E-state index is 2.55. The summed E-state index contributed by atoms with van der Waals surface area (Å²) in [6.45, 7) is 0. The molecule has 11 aromatic carbocycles. The molecular formula is C66H45N3S. The van der Waals surface area contributed by atoms with Crippen LogP contribution < -0.4 is 0 Å². The van der Waals surface area contributed by atoms with Crippen molar-refractivity contribution in [3.8, 4) is 28.2 Å². The van der Waals surface area contributed by atoms with Crippen molar-refractivity contribution in [3.63, 3.8) is 0 Å². The van der Waals surface area contributed by atoms with E-state index in [0.29, 0.717) is 0 Å². The second-order valence-corrected chi connectivity index (χ2v) is 21.1. The van der Waals surface area contributed by atoms with Crippen LogP contribution in [0.1, 0.15) is 0 Å². The lowest BCUT2D eigenvalue weighted by atomic mass is 10.0. The van der Waals surface area contributed by atoms with Crippen molar-refractivity contribution in [2.24, 2.45) is 0 Å². The van der Waals surface area contributed by atoms with Crippen LogP contribution in [0.2, 0.25) is 0 Å². The van der Waals surface area contributed by atoms with E-state index in [0.717, 1.165) is 17.1 Å². The van der Waals surface area contributed by atoms with Crippen molar-refractivity contribution in [1.29, 1.82) is 0 Å². The summed E-state index contributed by atoms with van der Waals surface area (Å²) in [5.74, 6) is 0. The first-order chi connectivity index (χ1) is 34.8. The molecule has 4 heteroatoms. The zero-order chi connectivity index (χ0) is 46.2. The summed E-state index contributed by atoms with van der Waals surface area (Å²) in [7, 11) is -2.19. The molecule has 0 aliphatic heterocycles. The van der Waals surface area contributed by atoms with Crippen LogP contribution in [0.25, 0.3) is 93.6 Å². The van der Waals surface area contributed by atoms with E-state index in [2.05, 4.69) is 287 Å². The number of para-hydroxylation sites is 6. The average molecular weight is 912 g/mol. The van der Waals surface area contributed by atoms with Gasteiger partial charge in [-0.2, -0.15) is 0 Å². The predicted molar refractivity (Wildman–Crippen MR) is 295 cm³/mol. The molecule has 14 rings (SSSR count). The number of rotatable bonds is 8. The van der Waals surface area contributed by atoms with Gasteiger partial charge in [-0.1, -0.05) is 176 Å². The topological polar surface area (TPSA) is 14.8 Å². The molecule has 14 aromatic rings. The first kappa shape index (κ1) is 40.3. The molecule has 0 aliphatic carbocycles. The SMILES string of the molecule is c1ccc(-c2ccccc2-n2c3ccccc3c3cccc(-n4c5ccccc5c5c(S(c6ccccc6)(c6ccccc6)c6ccc7c(c6)c6ccccc6n7-c6ccccc6)cccc54)c32)cc1. The normalized spacial score (nSPS) is 12.2. The lowest BCUT2D eigenvalue weighted by molar-refractivity contribution is 1.13. The van der Waals surface area contributed by atoms with E-state index in [1.807, 2.05) is 0 Å². The standard InChI is InChI=1S/C66H45N3S/c1-5-23-46(24-6-1)51-31-13-17-36-57(51)69-59-38-19-14-32-52(59)54-35-21-41-63(66(54)69)68-60-39-20-16-34-55(60)65-62(68)40-22-42-64(65)70(48-27-9-3-10-28-48,49-29-11-4-12-30-49)50-43-44-61-56(45-50)53-33-15-18-37-58(53)67(61)47-25-7-2-8-26-47/h1-45H. The van der Waals surface area contributed by atoms with E-state index < -0.39 is 10.0 Å². The number of aromatic nitrogens is 3. The lowest BCUT2D eigenvalue weighted by Gasteiger charge is -2.42. The lowest BCUT2D eigenvalue weighted by Crippen LogP contribution is -2.06. The molecule has 0 bridgehead atoms. The average Bonchev–Trinajstić information content (AvgIpc) is 4.08. The molecule has 3 heterocycles. The van der Waals surface area contributed by atoms with Crippen LogP contribution in [0.5, 0.6) is 0 Å². The fraction of sp³-hybridized carbons (Fsp3) is 0. The summed E-state index contributed by atoms with van der Waals surface area (Å²) >= 11 is 0. The van der Waals surface area contributed by atoms with E-state index in [-0.39, 0.29) is 0 Å². The Morgan fingerprint density at radius 3 is 1.46 bits per heavy atom. The molecule has 0 atom stereocenters. The summed E-state index contributed by atoms with van der Waals surface area (Å²) in [6.07, 6.45) is 0. The van der Waals surface area contributed by atoms with E-state index in [4.69, 9.17) is 0 Å². The molecular weight excluding hydrogens is 867 g/mol. The van der Waals surface area contributed by atoms with Crippen LogP contribution in [-0.4, -0.2) is 13.7 Å². The molecule has 0 saturated heterocycles. The van der Waals surface area contributed by atoms with Gasteiger partial charge in [-0.05, 0) is 103 Å². The van der Waals surface area contributed by atoms with Gasteiger partial charge in [-0.3, -0.25) is 0 Å². The van der Waals surface area contributed by atoms with Crippen LogP contribution >= 0.6 is 10.0 Å². The van der Waals surface area contributed by atoms with Gasteiger partial charge < -0.3 is 13.7 Å². The first-order valence-corrected chi connectivity index (χ1v) is 25.6. The Bertz CT molecular complexity index is 4240. The smallest absolute Gasteiger partial charge is 0.0782 e. The molecule has 0 N–H and O–H groups in total. The number of fused-ring (bicyclic) bond motifs is 9. The zero-order valence-corrected chi connectivity index (χ0v) is 39.0. The summed E-state index contributed by atoms with van der Waals surface area (Å²) in [5, 5.41) is 7.41.